The van der Waals surface area contributed by atoms with Crippen molar-refractivity contribution in [1.82, 2.24) is 29.7 Å². The summed E-state index contributed by atoms with van der Waals surface area (Å²) in [6.07, 6.45) is -0.220. The van der Waals surface area contributed by atoms with Crippen LogP contribution in [0.1, 0.15) is 79.9 Å². The van der Waals surface area contributed by atoms with Crippen molar-refractivity contribution in [1.29, 1.82) is 0 Å². The van der Waals surface area contributed by atoms with Crippen molar-refractivity contribution >= 4 is 40.7 Å². The molecule has 3 aliphatic heterocycles. The van der Waals surface area contributed by atoms with Gasteiger partial charge in [0, 0.05) is 77.5 Å². The Morgan fingerprint density at radius 2 is 1.81 bits per heavy atom. The number of imidazole rings is 1. The van der Waals surface area contributed by atoms with E-state index in [0.717, 1.165) is 11.6 Å². The number of nitrogens with zero attached hydrogens (tertiary/aromatic N) is 6. The summed E-state index contributed by atoms with van der Waals surface area (Å²) in [5.74, 6) is 3.50. The molecule has 0 spiro atoms. The van der Waals surface area contributed by atoms with Crippen LogP contribution in [0.4, 0.5) is 28.9 Å². The topological polar surface area (TPSA) is 132 Å². The second-order valence-corrected chi connectivity index (χ2v) is 15.0. The Hall–Kier alpha value is -6.60. The zero-order valence-electron chi connectivity index (χ0n) is 32.1. The van der Waals surface area contributed by atoms with Gasteiger partial charge in [-0.15, -0.1) is 0 Å². The molecule has 2 saturated heterocycles. The molecule has 3 aromatic carbocycles. The number of alkyl halides is 3. The lowest BCUT2D eigenvalue weighted by Crippen LogP contribution is -2.52. The third kappa shape index (κ3) is 7.85. The number of nitrogens with one attached hydrogen (secondary N) is 2. The van der Waals surface area contributed by atoms with Crippen LogP contribution in [0.5, 0.6) is 0 Å². The number of anilines is 2. The number of imide groups is 1. The van der Waals surface area contributed by atoms with Crippen LogP contribution in [0.25, 0.3) is 5.65 Å². The molecular weight excluding hydrogens is 769 g/mol. The number of halogens is 4. The summed E-state index contributed by atoms with van der Waals surface area (Å²) in [7, 11) is 1.83. The summed E-state index contributed by atoms with van der Waals surface area (Å²) < 4.78 is 61.1. The fourth-order valence-electron chi connectivity index (χ4n) is 7.98. The Kier molecular flexibility index (Phi) is 10.4. The van der Waals surface area contributed by atoms with Crippen molar-refractivity contribution in [3.05, 3.63) is 124 Å². The highest BCUT2D eigenvalue weighted by Crippen LogP contribution is 2.40. The summed E-state index contributed by atoms with van der Waals surface area (Å²) in [5, 5.41) is 9.10. The largest absolute Gasteiger partial charge is 0.418 e. The van der Waals surface area contributed by atoms with Gasteiger partial charge in [-0.2, -0.15) is 18.3 Å². The first-order valence-electron chi connectivity index (χ1n) is 19.1. The number of aromatic nitrogens is 3. The van der Waals surface area contributed by atoms with Crippen molar-refractivity contribution in [3.8, 4) is 11.8 Å². The second kappa shape index (κ2) is 15.6. The smallest absolute Gasteiger partial charge is 0.371 e. The van der Waals surface area contributed by atoms with Gasteiger partial charge >= 0.3 is 6.18 Å². The molecule has 5 heterocycles. The van der Waals surface area contributed by atoms with Crippen LogP contribution in [0.2, 0.25) is 0 Å². The van der Waals surface area contributed by atoms with E-state index in [9.17, 15) is 32.3 Å². The van der Waals surface area contributed by atoms with Crippen molar-refractivity contribution in [3.63, 3.8) is 0 Å². The standard InChI is InChI=1S/C43H38F4N8O4/c1-25-5-6-27(20-26(25)7-10-31-22-48-37-4-3-17-49-55(31)37)40(57)50-29-9-12-35(34(21-29)43(45,46)47)53-18-15-30(16-19-53)52(2)23-28-8-11-32-33(39(28)44)24-54(42(32)59)36-13-14-38(56)51-41(36)58/h3-6,8-9,11-12,17,20-22,30,36H,13-16,18-19,23-24H2,1-2H3,(H,50,57)(H,51,56,58). The minimum absolute atomic E-state index is 0.00119. The van der Waals surface area contributed by atoms with E-state index in [-0.39, 0.29) is 60.0 Å². The van der Waals surface area contributed by atoms with Gasteiger partial charge in [0.1, 0.15) is 17.6 Å². The zero-order valence-corrected chi connectivity index (χ0v) is 32.1. The van der Waals surface area contributed by atoms with E-state index >= 15 is 4.39 Å². The van der Waals surface area contributed by atoms with Gasteiger partial charge in [0.15, 0.2) is 5.65 Å². The quantitative estimate of drug-likeness (QED) is 0.122. The van der Waals surface area contributed by atoms with Crippen LogP contribution in [-0.2, 0) is 28.9 Å². The van der Waals surface area contributed by atoms with Gasteiger partial charge in [-0.25, -0.2) is 13.9 Å². The minimum atomic E-state index is -4.71. The Morgan fingerprint density at radius 1 is 1.02 bits per heavy atom. The Balaban J connectivity index is 0.911. The number of piperidine rings is 2. The maximum absolute atomic E-state index is 15.9. The van der Waals surface area contributed by atoms with Crippen LogP contribution in [0.15, 0.2) is 73.1 Å². The molecule has 5 aromatic rings. The molecule has 59 heavy (non-hydrogen) atoms. The molecule has 302 valence electrons. The number of aryl methyl sites for hydroxylation is 1. The SMILES string of the molecule is Cc1ccc(C(=O)Nc2ccc(N3CCC(N(C)Cc4ccc5c(c4F)CN(C4CCC(=O)NC4=O)C5=O)CC3)c(C(F)(F)F)c2)cc1C#Cc1cnc2cccnn12. The average molecular weight is 807 g/mol. The number of rotatable bonds is 7. The molecule has 2 aromatic heterocycles. The van der Waals surface area contributed by atoms with E-state index in [1.807, 2.05) is 18.9 Å². The van der Waals surface area contributed by atoms with E-state index in [1.165, 1.54) is 17.0 Å². The van der Waals surface area contributed by atoms with Crippen molar-refractivity contribution < 1.29 is 36.7 Å². The molecule has 1 unspecified atom stereocenters. The number of hydrogen-bond donors (Lipinski definition) is 2. The first-order valence-corrected chi connectivity index (χ1v) is 19.1. The van der Waals surface area contributed by atoms with Crippen LogP contribution in [0.3, 0.4) is 0 Å². The molecule has 0 radical (unpaired) electrons. The number of carbonyl (C=O) groups is 4. The van der Waals surface area contributed by atoms with Crippen LogP contribution in [0, 0.1) is 24.6 Å². The van der Waals surface area contributed by atoms with Crippen molar-refractivity contribution in [2.45, 2.75) is 64.0 Å². The molecule has 2 fully saturated rings. The maximum Gasteiger partial charge on any atom is 0.418 e. The lowest BCUT2D eigenvalue weighted by Gasteiger charge is -2.39. The summed E-state index contributed by atoms with van der Waals surface area (Å²) in [5.41, 5.74) is 2.64. The number of amides is 4. The molecule has 4 amide bonds. The second-order valence-electron chi connectivity index (χ2n) is 15.0. The number of fused-ring (bicyclic) bond motifs is 2. The Labute approximate surface area is 336 Å². The number of hydrogen-bond acceptors (Lipinski definition) is 8. The molecule has 8 rings (SSSR count). The summed E-state index contributed by atoms with van der Waals surface area (Å²) >= 11 is 0. The van der Waals surface area contributed by atoms with Gasteiger partial charge in [-0.05, 0) is 93.2 Å². The van der Waals surface area contributed by atoms with E-state index in [2.05, 4.69) is 32.6 Å². The highest BCUT2D eigenvalue weighted by Gasteiger charge is 2.41. The highest BCUT2D eigenvalue weighted by molar-refractivity contribution is 6.06. The molecule has 1 atom stereocenters. The van der Waals surface area contributed by atoms with E-state index in [4.69, 9.17) is 0 Å². The number of carbonyl (C=O) groups excluding carboxylic acids is 4. The molecular formula is C43H38F4N8O4. The van der Waals surface area contributed by atoms with E-state index < -0.39 is 47.2 Å². The van der Waals surface area contributed by atoms with Gasteiger partial charge < -0.3 is 15.1 Å². The Morgan fingerprint density at radius 3 is 2.58 bits per heavy atom. The minimum Gasteiger partial charge on any atom is -0.371 e. The molecule has 12 nitrogen and oxygen atoms in total. The first-order chi connectivity index (χ1) is 28.2. The maximum atomic E-state index is 15.9. The van der Waals surface area contributed by atoms with Gasteiger partial charge in [-0.3, -0.25) is 29.4 Å². The van der Waals surface area contributed by atoms with Crippen molar-refractivity contribution in [2.24, 2.45) is 0 Å². The van der Waals surface area contributed by atoms with Crippen LogP contribution < -0.4 is 15.5 Å². The fraction of sp³-hybridized carbons (Fsp3) is 0.302. The third-order valence-electron chi connectivity index (χ3n) is 11.2. The van der Waals surface area contributed by atoms with E-state index in [1.54, 1.807) is 64.3 Å². The summed E-state index contributed by atoms with van der Waals surface area (Å²) in [4.78, 5) is 59.6. The average Bonchev–Trinajstić information content (AvgIpc) is 3.79. The molecule has 2 N–H and O–H groups in total. The van der Waals surface area contributed by atoms with E-state index in [0.29, 0.717) is 48.4 Å². The fourth-order valence-corrected chi connectivity index (χ4v) is 7.98. The van der Waals surface area contributed by atoms with Crippen LogP contribution >= 0.6 is 0 Å². The lowest BCUT2D eigenvalue weighted by atomic mass is 9.99. The van der Waals surface area contributed by atoms with Crippen molar-refractivity contribution in [2.75, 3.05) is 30.4 Å². The highest BCUT2D eigenvalue weighted by atomic mass is 19.4. The zero-order chi connectivity index (χ0) is 41.6. The lowest BCUT2D eigenvalue weighted by molar-refractivity contribution is -0.138. The normalized spacial score (nSPS) is 17.3. The van der Waals surface area contributed by atoms with Gasteiger partial charge in [0.2, 0.25) is 11.8 Å². The number of benzene rings is 3. The molecule has 0 aliphatic carbocycles. The monoisotopic (exact) mass is 806 g/mol. The third-order valence-corrected chi connectivity index (χ3v) is 11.2. The van der Waals surface area contributed by atoms with Gasteiger partial charge in [0.25, 0.3) is 11.8 Å². The van der Waals surface area contributed by atoms with Gasteiger partial charge in [-0.1, -0.05) is 18.1 Å². The summed E-state index contributed by atoms with van der Waals surface area (Å²) in [6, 6.07) is 14.4. The first kappa shape index (κ1) is 39.2. The molecule has 3 aliphatic rings. The van der Waals surface area contributed by atoms with Crippen LogP contribution in [-0.4, -0.2) is 80.2 Å². The molecule has 16 heteroatoms. The van der Waals surface area contributed by atoms with Gasteiger partial charge in [0.05, 0.1) is 18.3 Å². The molecule has 0 saturated carbocycles. The Bertz CT molecular complexity index is 2590. The molecule has 0 bridgehead atoms. The predicted molar refractivity (Wildman–Crippen MR) is 209 cm³/mol. The predicted octanol–water partition coefficient (Wildman–Crippen LogP) is 5.71. The summed E-state index contributed by atoms with van der Waals surface area (Å²) in [6.45, 7) is 2.58.